The summed E-state index contributed by atoms with van der Waals surface area (Å²) in [5, 5.41) is 3.24. The third-order valence-corrected chi connectivity index (χ3v) is 2.85. The SMILES string of the molecule is Cc1cnc(NC2CC2)nc1-c1ccc(F)cn1. The summed E-state index contributed by atoms with van der Waals surface area (Å²) in [5.41, 5.74) is 2.33. The van der Waals surface area contributed by atoms with Crippen molar-refractivity contribution < 1.29 is 4.39 Å². The number of anilines is 1. The number of nitrogens with zero attached hydrogens (tertiary/aromatic N) is 3. The Morgan fingerprint density at radius 3 is 2.72 bits per heavy atom. The molecule has 1 aliphatic rings. The van der Waals surface area contributed by atoms with Gasteiger partial charge in [0, 0.05) is 12.2 Å². The van der Waals surface area contributed by atoms with Gasteiger partial charge < -0.3 is 5.32 Å². The van der Waals surface area contributed by atoms with Crippen molar-refractivity contribution in [2.75, 3.05) is 5.32 Å². The van der Waals surface area contributed by atoms with Crippen molar-refractivity contribution in [2.45, 2.75) is 25.8 Å². The van der Waals surface area contributed by atoms with Gasteiger partial charge in [-0.3, -0.25) is 4.98 Å². The first-order chi connectivity index (χ1) is 8.72. The molecule has 2 aromatic rings. The summed E-state index contributed by atoms with van der Waals surface area (Å²) < 4.78 is 12.9. The maximum atomic E-state index is 12.9. The van der Waals surface area contributed by atoms with Crippen LogP contribution in [0.25, 0.3) is 11.4 Å². The van der Waals surface area contributed by atoms with Gasteiger partial charge in [0.1, 0.15) is 5.82 Å². The molecule has 92 valence electrons. The van der Waals surface area contributed by atoms with Gasteiger partial charge >= 0.3 is 0 Å². The molecule has 2 heterocycles. The summed E-state index contributed by atoms with van der Waals surface area (Å²) in [6.07, 6.45) is 5.30. The van der Waals surface area contributed by atoms with E-state index in [1.165, 1.54) is 25.1 Å². The second kappa shape index (κ2) is 4.33. The van der Waals surface area contributed by atoms with Crippen molar-refractivity contribution in [1.29, 1.82) is 0 Å². The van der Waals surface area contributed by atoms with Crippen LogP contribution in [0.5, 0.6) is 0 Å². The number of nitrogens with one attached hydrogen (secondary N) is 1. The van der Waals surface area contributed by atoms with E-state index in [9.17, 15) is 4.39 Å². The van der Waals surface area contributed by atoms with E-state index in [0.29, 0.717) is 17.7 Å². The Morgan fingerprint density at radius 2 is 2.06 bits per heavy atom. The zero-order valence-electron chi connectivity index (χ0n) is 10.0. The molecule has 0 spiro atoms. The van der Waals surface area contributed by atoms with Crippen molar-refractivity contribution >= 4 is 5.95 Å². The molecule has 0 radical (unpaired) electrons. The predicted molar refractivity (Wildman–Crippen MR) is 66.6 cm³/mol. The maximum Gasteiger partial charge on any atom is 0.223 e. The lowest BCUT2D eigenvalue weighted by Gasteiger charge is -2.07. The van der Waals surface area contributed by atoms with Gasteiger partial charge in [-0.15, -0.1) is 0 Å². The summed E-state index contributed by atoms with van der Waals surface area (Å²) in [6.45, 7) is 1.92. The van der Waals surface area contributed by atoms with Crippen LogP contribution in [0.15, 0.2) is 24.5 Å². The second-order valence-corrected chi connectivity index (χ2v) is 4.51. The fraction of sp³-hybridized carbons (Fsp3) is 0.308. The summed E-state index contributed by atoms with van der Waals surface area (Å²) in [5.74, 6) is 0.269. The van der Waals surface area contributed by atoms with Gasteiger partial charge in [-0.05, 0) is 37.5 Å². The van der Waals surface area contributed by atoms with E-state index < -0.39 is 0 Å². The topological polar surface area (TPSA) is 50.7 Å². The minimum atomic E-state index is -0.346. The minimum Gasteiger partial charge on any atom is -0.351 e. The number of pyridine rings is 1. The first kappa shape index (κ1) is 11.1. The molecule has 0 aromatic carbocycles. The predicted octanol–water partition coefficient (Wildman–Crippen LogP) is 2.56. The van der Waals surface area contributed by atoms with Crippen LogP contribution >= 0.6 is 0 Å². The first-order valence-corrected chi connectivity index (χ1v) is 5.94. The standard InChI is InChI=1S/C13H13FN4/c1-8-6-16-13(17-10-3-4-10)18-12(8)11-5-2-9(14)7-15-11/h2,5-7,10H,3-4H2,1H3,(H,16,17,18). The highest BCUT2D eigenvalue weighted by atomic mass is 19.1. The molecule has 1 aliphatic carbocycles. The van der Waals surface area contributed by atoms with Gasteiger partial charge in [0.05, 0.1) is 17.6 Å². The zero-order valence-corrected chi connectivity index (χ0v) is 10.0. The maximum absolute atomic E-state index is 12.9. The molecule has 0 saturated heterocycles. The first-order valence-electron chi connectivity index (χ1n) is 5.94. The molecule has 3 rings (SSSR count). The Hall–Kier alpha value is -2.04. The quantitative estimate of drug-likeness (QED) is 0.901. The highest BCUT2D eigenvalue weighted by Gasteiger charge is 2.22. The van der Waals surface area contributed by atoms with Crippen LogP contribution in [-0.4, -0.2) is 21.0 Å². The Balaban J connectivity index is 1.95. The molecule has 0 unspecified atom stereocenters. The summed E-state index contributed by atoms with van der Waals surface area (Å²) >= 11 is 0. The molecular formula is C13H13FN4. The van der Waals surface area contributed by atoms with Crippen LogP contribution < -0.4 is 5.32 Å². The van der Waals surface area contributed by atoms with Gasteiger partial charge in [-0.1, -0.05) is 0 Å². The van der Waals surface area contributed by atoms with Gasteiger partial charge in [0.2, 0.25) is 5.95 Å². The van der Waals surface area contributed by atoms with E-state index in [4.69, 9.17) is 0 Å². The lowest BCUT2D eigenvalue weighted by Crippen LogP contribution is -2.06. The van der Waals surface area contributed by atoms with Crippen LogP contribution in [0.1, 0.15) is 18.4 Å². The van der Waals surface area contributed by atoms with Crippen molar-refractivity contribution in [3.63, 3.8) is 0 Å². The van der Waals surface area contributed by atoms with Crippen molar-refractivity contribution in [1.82, 2.24) is 15.0 Å². The molecule has 4 nitrogen and oxygen atoms in total. The molecule has 1 N–H and O–H groups in total. The third kappa shape index (κ3) is 2.30. The number of hydrogen-bond donors (Lipinski definition) is 1. The lowest BCUT2D eigenvalue weighted by atomic mass is 10.2. The van der Waals surface area contributed by atoms with Crippen molar-refractivity contribution in [3.8, 4) is 11.4 Å². The van der Waals surface area contributed by atoms with Crippen LogP contribution in [0.4, 0.5) is 10.3 Å². The molecule has 2 aromatic heterocycles. The van der Waals surface area contributed by atoms with E-state index in [2.05, 4.69) is 20.3 Å². The van der Waals surface area contributed by atoms with Crippen molar-refractivity contribution in [3.05, 3.63) is 35.9 Å². The van der Waals surface area contributed by atoms with E-state index in [-0.39, 0.29) is 5.82 Å². The van der Waals surface area contributed by atoms with Crippen LogP contribution in [0, 0.1) is 12.7 Å². The molecule has 0 atom stereocenters. The number of aromatic nitrogens is 3. The zero-order chi connectivity index (χ0) is 12.5. The Labute approximate surface area is 104 Å². The van der Waals surface area contributed by atoms with E-state index >= 15 is 0 Å². The van der Waals surface area contributed by atoms with Crippen LogP contribution in [0.2, 0.25) is 0 Å². The molecule has 18 heavy (non-hydrogen) atoms. The van der Waals surface area contributed by atoms with Crippen LogP contribution in [-0.2, 0) is 0 Å². The fourth-order valence-electron chi connectivity index (χ4n) is 1.70. The van der Waals surface area contributed by atoms with Crippen molar-refractivity contribution in [2.24, 2.45) is 0 Å². The molecule has 0 aliphatic heterocycles. The summed E-state index contributed by atoms with van der Waals surface area (Å²) in [7, 11) is 0. The van der Waals surface area contributed by atoms with Gasteiger partial charge in [-0.25, -0.2) is 14.4 Å². The summed E-state index contributed by atoms with van der Waals surface area (Å²) in [6, 6.07) is 3.52. The third-order valence-electron chi connectivity index (χ3n) is 2.85. The van der Waals surface area contributed by atoms with Crippen LogP contribution in [0.3, 0.4) is 0 Å². The lowest BCUT2D eigenvalue weighted by molar-refractivity contribution is 0.622. The average Bonchev–Trinajstić information content (AvgIpc) is 3.17. The monoisotopic (exact) mass is 244 g/mol. The number of halogens is 1. The number of aryl methyl sites for hydroxylation is 1. The highest BCUT2D eigenvalue weighted by molar-refractivity contribution is 5.59. The normalized spacial score (nSPS) is 14.6. The minimum absolute atomic E-state index is 0.346. The molecule has 0 amide bonds. The average molecular weight is 244 g/mol. The Bertz CT molecular complexity index is 564. The molecule has 0 bridgehead atoms. The Morgan fingerprint density at radius 1 is 1.22 bits per heavy atom. The smallest absolute Gasteiger partial charge is 0.223 e. The highest BCUT2D eigenvalue weighted by Crippen LogP contribution is 2.25. The molecular weight excluding hydrogens is 231 g/mol. The van der Waals surface area contributed by atoms with Gasteiger partial charge in [0.15, 0.2) is 0 Å². The van der Waals surface area contributed by atoms with E-state index in [1.807, 2.05) is 6.92 Å². The second-order valence-electron chi connectivity index (χ2n) is 4.51. The van der Waals surface area contributed by atoms with Gasteiger partial charge in [0.25, 0.3) is 0 Å². The molecule has 1 fully saturated rings. The summed E-state index contributed by atoms with van der Waals surface area (Å²) in [4.78, 5) is 12.7. The molecule has 5 heteroatoms. The van der Waals surface area contributed by atoms with E-state index in [1.54, 1.807) is 12.3 Å². The number of rotatable bonds is 3. The fourth-order valence-corrected chi connectivity index (χ4v) is 1.70. The van der Waals surface area contributed by atoms with Gasteiger partial charge in [-0.2, -0.15) is 0 Å². The Kier molecular flexibility index (Phi) is 2.66. The number of hydrogen-bond acceptors (Lipinski definition) is 4. The largest absolute Gasteiger partial charge is 0.351 e. The molecule has 1 saturated carbocycles. The van der Waals surface area contributed by atoms with E-state index in [0.717, 1.165) is 11.3 Å².